The first-order valence-corrected chi connectivity index (χ1v) is 16.4. The first-order valence-electron chi connectivity index (χ1n) is 14.9. The van der Waals surface area contributed by atoms with Crippen molar-refractivity contribution >= 4 is 53.4 Å². The highest BCUT2D eigenvalue weighted by molar-refractivity contribution is 9.10. The monoisotopic (exact) mass is 668 g/mol. The van der Waals surface area contributed by atoms with Crippen LogP contribution in [0.5, 0.6) is 11.5 Å². The maximum Gasteiger partial charge on any atom is 0.125 e. The van der Waals surface area contributed by atoms with E-state index >= 15 is 0 Å². The largest absolute Gasteiger partial charge is 0.491 e. The lowest BCUT2D eigenvalue weighted by Gasteiger charge is -2.20. The molecule has 0 bridgehead atoms. The number of ether oxygens (including phenoxy) is 3. The zero-order chi connectivity index (χ0) is 28.0. The summed E-state index contributed by atoms with van der Waals surface area (Å²) in [6.45, 7) is 3.89. The predicted molar refractivity (Wildman–Crippen MR) is 176 cm³/mol. The smallest absolute Gasteiger partial charge is 0.125 e. The third-order valence-corrected chi connectivity index (χ3v) is 8.26. The van der Waals surface area contributed by atoms with Gasteiger partial charge in [0.2, 0.25) is 0 Å². The Morgan fingerprint density at radius 1 is 0.525 bits per heavy atom. The molecule has 3 nitrogen and oxygen atoms in total. The van der Waals surface area contributed by atoms with Gasteiger partial charge in [-0.15, -0.1) is 0 Å². The molecule has 0 saturated heterocycles. The van der Waals surface area contributed by atoms with Crippen molar-refractivity contribution in [3.05, 3.63) is 81.7 Å². The topological polar surface area (TPSA) is 27.7 Å². The van der Waals surface area contributed by atoms with Crippen LogP contribution >= 0.6 is 31.9 Å². The lowest BCUT2D eigenvalue weighted by molar-refractivity contribution is -0.00875. The van der Waals surface area contributed by atoms with E-state index in [4.69, 9.17) is 14.2 Å². The molecule has 40 heavy (non-hydrogen) atoms. The van der Waals surface area contributed by atoms with Gasteiger partial charge in [0, 0.05) is 15.6 Å². The lowest BCUT2D eigenvalue weighted by Crippen LogP contribution is -2.29. The second-order valence-electron chi connectivity index (χ2n) is 10.6. The van der Waals surface area contributed by atoms with Crippen LogP contribution < -0.4 is 9.47 Å². The Kier molecular flexibility index (Phi) is 13.1. The summed E-state index contributed by atoms with van der Waals surface area (Å²) in [6, 6.07) is 25.0. The van der Waals surface area contributed by atoms with Gasteiger partial charge in [-0.25, -0.2) is 0 Å². The number of hydrogen-bond acceptors (Lipinski definition) is 3. The van der Waals surface area contributed by atoms with E-state index in [1.165, 1.54) is 68.6 Å². The predicted octanol–water partition coefficient (Wildman–Crippen LogP) is 11.3. The summed E-state index contributed by atoms with van der Waals surface area (Å²) in [4.78, 5) is 0. The van der Waals surface area contributed by atoms with Crippen molar-refractivity contribution in [3.63, 3.8) is 0 Å². The summed E-state index contributed by atoms with van der Waals surface area (Å²) in [5.41, 5.74) is 0. The van der Waals surface area contributed by atoms with E-state index in [-0.39, 0.29) is 6.10 Å². The van der Waals surface area contributed by atoms with Gasteiger partial charge in [-0.3, -0.25) is 0 Å². The lowest BCUT2D eigenvalue weighted by atomic mass is 10.1. The summed E-state index contributed by atoms with van der Waals surface area (Å²) < 4.78 is 20.9. The minimum Gasteiger partial charge on any atom is -0.491 e. The molecule has 4 rings (SSSR count). The first-order chi connectivity index (χ1) is 19.6. The van der Waals surface area contributed by atoms with Crippen LogP contribution in [0.3, 0.4) is 0 Å². The van der Waals surface area contributed by atoms with E-state index in [0.717, 1.165) is 44.2 Å². The van der Waals surface area contributed by atoms with E-state index in [0.29, 0.717) is 13.2 Å². The Morgan fingerprint density at radius 3 is 1.45 bits per heavy atom. The summed E-state index contributed by atoms with van der Waals surface area (Å²) in [6.07, 6.45) is 13.0. The molecule has 0 aliphatic heterocycles. The van der Waals surface area contributed by atoms with E-state index < -0.39 is 0 Å². The van der Waals surface area contributed by atoms with E-state index in [2.05, 4.69) is 99.4 Å². The standard InChI is InChI=1S/C35H42Br2O3/c1-2-3-4-5-6-7-8-9-10-11-20-38-35(25-39-33-18-14-27-21-31(36)16-12-29(27)23-33)26-40-34-19-15-28-22-32(37)17-13-30(28)24-34/h12-19,21-24,35H,2-11,20,25-26H2,1H3. The third-order valence-electron chi connectivity index (χ3n) is 7.27. The quantitative estimate of drug-likeness (QED) is 0.0987. The van der Waals surface area contributed by atoms with Crippen LogP contribution in [0.25, 0.3) is 21.5 Å². The van der Waals surface area contributed by atoms with Gasteiger partial charge in [0.25, 0.3) is 0 Å². The minimum absolute atomic E-state index is 0.153. The fourth-order valence-corrected chi connectivity index (χ4v) is 5.69. The van der Waals surface area contributed by atoms with Crippen molar-refractivity contribution in [2.75, 3.05) is 19.8 Å². The molecule has 0 saturated carbocycles. The molecule has 4 aromatic carbocycles. The van der Waals surface area contributed by atoms with Crippen molar-refractivity contribution in [1.29, 1.82) is 0 Å². The van der Waals surface area contributed by atoms with Gasteiger partial charge >= 0.3 is 0 Å². The zero-order valence-electron chi connectivity index (χ0n) is 23.7. The minimum atomic E-state index is -0.153. The first kappa shape index (κ1) is 30.9. The highest BCUT2D eigenvalue weighted by atomic mass is 79.9. The number of benzene rings is 4. The van der Waals surface area contributed by atoms with Gasteiger partial charge in [0.1, 0.15) is 30.8 Å². The summed E-state index contributed by atoms with van der Waals surface area (Å²) in [5, 5.41) is 4.68. The van der Waals surface area contributed by atoms with Crippen molar-refractivity contribution in [1.82, 2.24) is 0 Å². The molecule has 0 heterocycles. The van der Waals surface area contributed by atoms with Gasteiger partial charge < -0.3 is 14.2 Å². The average molecular weight is 671 g/mol. The van der Waals surface area contributed by atoms with Crippen LogP contribution in [0.2, 0.25) is 0 Å². The van der Waals surface area contributed by atoms with Crippen molar-refractivity contribution < 1.29 is 14.2 Å². The van der Waals surface area contributed by atoms with Crippen LogP contribution in [-0.2, 0) is 4.74 Å². The molecule has 0 radical (unpaired) electrons. The molecule has 0 aliphatic carbocycles. The summed E-state index contributed by atoms with van der Waals surface area (Å²) >= 11 is 7.10. The molecule has 0 atom stereocenters. The molecular weight excluding hydrogens is 628 g/mol. The molecule has 4 aromatic rings. The molecule has 0 unspecified atom stereocenters. The van der Waals surface area contributed by atoms with Crippen molar-refractivity contribution in [2.45, 2.75) is 77.2 Å². The molecular formula is C35H42Br2O3. The highest BCUT2D eigenvalue weighted by Gasteiger charge is 2.13. The fourth-order valence-electron chi connectivity index (χ4n) is 4.93. The average Bonchev–Trinajstić information content (AvgIpc) is 2.96. The molecule has 0 aromatic heterocycles. The van der Waals surface area contributed by atoms with Gasteiger partial charge in [0.05, 0.1) is 0 Å². The summed E-state index contributed by atoms with van der Waals surface area (Å²) in [7, 11) is 0. The van der Waals surface area contributed by atoms with Crippen molar-refractivity contribution in [3.8, 4) is 11.5 Å². The van der Waals surface area contributed by atoms with Gasteiger partial charge in [-0.1, -0.05) is 121 Å². The maximum absolute atomic E-state index is 6.30. The van der Waals surface area contributed by atoms with Gasteiger partial charge in [0.15, 0.2) is 0 Å². The second-order valence-corrected chi connectivity index (χ2v) is 12.4. The second kappa shape index (κ2) is 17.0. The van der Waals surface area contributed by atoms with E-state index in [1.807, 2.05) is 12.1 Å². The normalized spacial score (nSPS) is 11.5. The number of halogens is 2. The molecule has 5 heteroatoms. The SMILES string of the molecule is CCCCCCCCCCCCOC(COc1ccc2cc(Br)ccc2c1)COc1ccc2cc(Br)ccc2c1. The number of fused-ring (bicyclic) bond motifs is 2. The number of rotatable bonds is 18. The maximum atomic E-state index is 6.30. The Labute approximate surface area is 256 Å². The Bertz CT molecular complexity index is 1230. The number of unbranched alkanes of at least 4 members (excludes halogenated alkanes) is 9. The molecule has 0 fully saturated rings. The highest BCUT2D eigenvalue weighted by Crippen LogP contribution is 2.26. The fraction of sp³-hybridized carbons (Fsp3) is 0.429. The van der Waals surface area contributed by atoms with Gasteiger partial charge in [-0.2, -0.15) is 0 Å². The van der Waals surface area contributed by atoms with Crippen LogP contribution in [0, 0.1) is 0 Å². The van der Waals surface area contributed by atoms with Crippen LogP contribution in [0.1, 0.15) is 71.1 Å². The number of hydrogen-bond donors (Lipinski definition) is 0. The van der Waals surface area contributed by atoms with E-state index in [9.17, 15) is 0 Å². The molecule has 0 amide bonds. The summed E-state index contributed by atoms with van der Waals surface area (Å²) in [5.74, 6) is 1.69. The third kappa shape index (κ3) is 10.4. The van der Waals surface area contributed by atoms with Crippen LogP contribution in [-0.4, -0.2) is 25.9 Å². The Morgan fingerprint density at radius 2 is 0.950 bits per heavy atom. The molecule has 214 valence electrons. The molecule has 0 N–H and O–H groups in total. The van der Waals surface area contributed by atoms with E-state index in [1.54, 1.807) is 0 Å². The van der Waals surface area contributed by atoms with Crippen LogP contribution in [0.15, 0.2) is 81.7 Å². The Hall–Kier alpha value is -2.08. The Balaban J connectivity index is 1.27. The molecule has 0 aliphatic rings. The van der Waals surface area contributed by atoms with Gasteiger partial charge in [-0.05, 0) is 76.5 Å². The van der Waals surface area contributed by atoms with Crippen molar-refractivity contribution in [2.24, 2.45) is 0 Å². The zero-order valence-corrected chi connectivity index (χ0v) is 26.9. The molecule has 0 spiro atoms. The van der Waals surface area contributed by atoms with Crippen LogP contribution in [0.4, 0.5) is 0 Å².